The fraction of sp³-hybridized carbons (Fsp3) is 0.765. The van der Waals surface area contributed by atoms with Crippen LogP contribution in [0.1, 0.15) is 47.0 Å². The van der Waals surface area contributed by atoms with Crippen LogP contribution in [0.3, 0.4) is 0 Å². The molecular weight excluding hydrogens is 342 g/mol. The largest absolute Gasteiger partial charge is 0.356 e. The van der Waals surface area contributed by atoms with Crippen molar-refractivity contribution < 1.29 is 19.2 Å². The average molecular weight is 374 g/mol. The summed E-state index contributed by atoms with van der Waals surface area (Å²) in [5, 5.41) is 8.36. The number of nitrogens with one attached hydrogen (secondary N) is 3. The highest BCUT2D eigenvalue weighted by atomic mass is 32.2. The van der Waals surface area contributed by atoms with E-state index in [9.17, 15) is 19.2 Å². The van der Waals surface area contributed by atoms with Gasteiger partial charge in [-0.25, -0.2) is 0 Å². The van der Waals surface area contributed by atoms with Crippen molar-refractivity contribution in [3.63, 3.8) is 0 Å². The lowest BCUT2D eigenvalue weighted by Gasteiger charge is -2.08. The van der Waals surface area contributed by atoms with Gasteiger partial charge in [-0.1, -0.05) is 27.7 Å². The van der Waals surface area contributed by atoms with Crippen LogP contribution in [0.4, 0.5) is 0 Å². The van der Waals surface area contributed by atoms with Crippen molar-refractivity contribution in [2.75, 3.05) is 25.4 Å². The fourth-order valence-electron chi connectivity index (χ4n) is 1.71. The van der Waals surface area contributed by atoms with Crippen LogP contribution >= 0.6 is 11.8 Å². The molecule has 0 unspecified atom stereocenters. The lowest BCUT2D eigenvalue weighted by atomic mass is 10.1. The first-order valence-corrected chi connectivity index (χ1v) is 9.71. The highest BCUT2D eigenvalue weighted by molar-refractivity contribution is 8.00. The zero-order valence-electron chi connectivity index (χ0n) is 15.6. The normalized spacial score (nSPS) is 10.6. The number of hydrogen-bond donors (Lipinski definition) is 3. The van der Waals surface area contributed by atoms with Crippen LogP contribution in [-0.4, -0.2) is 54.1 Å². The Morgan fingerprint density at radius 1 is 0.720 bits per heavy atom. The first-order chi connectivity index (χ1) is 11.7. The molecule has 0 saturated heterocycles. The molecule has 0 aromatic heterocycles. The Morgan fingerprint density at radius 3 is 1.60 bits per heavy atom. The molecule has 0 spiro atoms. The summed E-state index contributed by atoms with van der Waals surface area (Å²) in [6.07, 6.45) is 0.673. The van der Waals surface area contributed by atoms with Gasteiger partial charge in [0.25, 0.3) is 0 Å². The lowest BCUT2D eigenvalue weighted by molar-refractivity contribution is -0.123. The van der Waals surface area contributed by atoms with Crippen molar-refractivity contribution >= 4 is 35.3 Å². The number of carbonyl (C=O) groups is 4. The molecular formula is C17H31N3O4S. The smallest absolute Gasteiger partial charge is 0.230 e. The monoisotopic (exact) mass is 373 g/mol. The third-order valence-electron chi connectivity index (χ3n) is 3.23. The van der Waals surface area contributed by atoms with Gasteiger partial charge < -0.3 is 16.0 Å². The Bertz CT molecular complexity index is 453. The third kappa shape index (κ3) is 14.5. The van der Waals surface area contributed by atoms with Gasteiger partial charge in [0.05, 0.1) is 5.75 Å². The van der Waals surface area contributed by atoms with Crippen LogP contribution in [-0.2, 0) is 19.2 Å². The van der Waals surface area contributed by atoms with Crippen molar-refractivity contribution in [3.05, 3.63) is 0 Å². The highest BCUT2D eigenvalue weighted by Crippen LogP contribution is 2.07. The molecule has 0 aliphatic rings. The summed E-state index contributed by atoms with van der Waals surface area (Å²) in [4.78, 5) is 46.1. The molecule has 144 valence electrons. The quantitative estimate of drug-likeness (QED) is 0.444. The van der Waals surface area contributed by atoms with Crippen LogP contribution in [0.2, 0.25) is 0 Å². The standard InChI is InChI=1S/C17H31N3O4S/c1-12(2)14(21)5-8-18-15(22)6-9-19-16(23)7-10-20-17(24)11-25-13(3)4/h12-13H,5-11H2,1-4H3,(H,18,22)(H,19,23)(H,20,24). The van der Waals surface area contributed by atoms with Gasteiger partial charge in [0.2, 0.25) is 17.7 Å². The Balaban J connectivity index is 3.64. The van der Waals surface area contributed by atoms with Gasteiger partial charge in [0.15, 0.2) is 0 Å². The summed E-state index contributed by atoms with van der Waals surface area (Å²) >= 11 is 1.55. The third-order valence-corrected chi connectivity index (χ3v) is 4.33. The topological polar surface area (TPSA) is 104 Å². The molecule has 0 rings (SSSR count). The number of Topliss-reactive ketones (excluding diaryl/α,β-unsaturated/α-hetero) is 1. The molecule has 0 radical (unpaired) electrons. The maximum atomic E-state index is 11.6. The van der Waals surface area contributed by atoms with Crippen LogP contribution in [0.25, 0.3) is 0 Å². The molecule has 0 aliphatic heterocycles. The number of rotatable bonds is 13. The second-order valence-electron chi connectivity index (χ2n) is 6.28. The van der Waals surface area contributed by atoms with Gasteiger partial charge >= 0.3 is 0 Å². The van der Waals surface area contributed by atoms with Crippen molar-refractivity contribution in [2.45, 2.75) is 52.2 Å². The summed E-state index contributed by atoms with van der Waals surface area (Å²) in [5.74, 6) is -0.0148. The zero-order valence-corrected chi connectivity index (χ0v) is 16.5. The van der Waals surface area contributed by atoms with Gasteiger partial charge in [-0.15, -0.1) is 11.8 Å². The van der Waals surface area contributed by atoms with E-state index in [1.165, 1.54) is 0 Å². The minimum Gasteiger partial charge on any atom is -0.356 e. The number of ketones is 1. The second-order valence-corrected chi connectivity index (χ2v) is 7.85. The molecule has 0 atom stereocenters. The molecule has 8 heteroatoms. The number of thioether (sulfide) groups is 1. The van der Waals surface area contributed by atoms with Crippen molar-refractivity contribution in [1.82, 2.24) is 16.0 Å². The summed E-state index contributed by atoms with van der Waals surface area (Å²) in [6, 6.07) is 0. The van der Waals surface area contributed by atoms with Gasteiger partial charge in [-0.2, -0.15) is 0 Å². The molecule has 0 saturated carbocycles. The predicted molar refractivity (Wildman–Crippen MR) is 100 cm³/mol. The maximum Gasteiger partial charge on any atom is 0.230 e. The summed E-state index contributed by atoms with van der Waals surface area (Å²) in [5.41, 5.74) is 0. The van der Waals surface area contributed by atoms with E-state index in [0.29, 0.717) is 24.0 Å². The predicted octanol–water partition coefficient (Wildman–Crippen LogP) is 0.872. The summed E-state index contributed by atoms with van der Waals surface area (Å²) < 4.78 is 0. The van der Waals surface area contributed by atoms with E-state index in [0.717, 1.165) is 0 Å². The van der Waals surface area contributed by atoms with Crippen molar-refractivity contribution in [2.24, 2.45) is 5.92 Å². The Kier molecular flexibility index (Phi) is 12.8. The molecule has 7 nitrogen and oxygen atoms in total. The second kappa shape index (κ2) is 13.7. The molecule has 0 aliphatic carbocycles. The SMILES string of the molecule is CC(C)SCC(=O)NCCC(=O)NCCC(=O)NCCC(=O)C(C)C. The van der Waals surface area contributed by atoms with E-state index in [-0.39, 0.29) is 55.4 Å². The number of hydrogen-bond acceptors (Lipinski definition) is 5. The lowest BCUT2D eigenvalue weighted by Crippen LogP contribution is -2.34. The summed E-state index contributed by atoms with van der Waals surface area (Å²) in [6.45, 7) is 8.53. The first kappa shape index (κ1) is 23.4. The molecule has 3 amide bonds. The van der Waals surface area contributed by atoms with Gasteiger partial charge in [-0.05, 0) is 5.25 Å². The van der Waals surface area contributed by atoms with Crippen LogP contribution in [0, 0.1) is 5.92 Å². The molecule has 0 heterocycles. The maximum absolute atomic E-state index is 11.6. The van der Waals surface area contributed by atoms with Gasteiger partial charge in [0, 0.05) is 44.8 Å². The molecule has 0 fully saturated rings. The minimum atomic E-state index is -0.209. The highest BCUT2D eigenvalue weighted by Gasteiger charge is 2.09. The van der Waals surface area contributed by atoms with E-state index in [1.54, 1.807) is 11.8 Å². The van der Waals surface area contributed by atoms with Crippen molar-refractivity contribution in [1.29, 1.82) is 0 Å². The average Bonchev–Trinajstić information content (AvgIpc) is 2.52. The van der Waals surface area contributed by atoms with E-state index in [2.05, 4.69) is 16.0 Å². The molecule has 0 aromatic carbocycles. The van der Waals surface area contributed by atoms with Crippen LogP contribution < -0.4 is 16.0 Å². The first-order valence-electron chi connectivity index (χ1n) is 8.66. The molecule has 0 bridgehead atoms. The van der Waals surface area contributed by atoms with E-state index >= 15 is 0 Å². The Hall–Kier alpha value is -1.57. The fourth-order valence-corrected chi connectivity index (χ4v) is 2.30. The molecule has 3 N–H and O–H groups in total. The van der Waals surface area contributed by atoms with Crippen LogP contribution in [0.15, 0.2) is 0 Å². The van der Waals surface area contributed by atoms with Crippen LogP contribution in [0.5, 0.6) is 0 Å². The van der Waals surface area contributed by atoms with E-state index in [4.69, 9.17) is 0 Å². The Morgan fingerprint density at radius 2 is 1.16 bits per heavy atom. The number of amides is 3. The van der Waals surface area contributed by atoms with E-state index in [1.807, 2.05) is 27.7 Å². The molecule has 25 heavy (non-hydrogen) atoms. The van der Waals surface area contributed by atoms with Crippen molar-refractivity contribution in [3.8, 4) is 0 Å². The summed E-state index contributed by atoms with van der Waals surface area (Å²) in [7, 11) is 0. The van der Waals surface area contributed by atoms with E-state index < -0.39 is 0 Å². The minimum absolute atomic E-state index is 0.0272. The Labute approximate surface area is 154 Å². The van der Waals surface area contributed by atoms with Gasteiger partial charge in [-0.3, -0.25) is 19.2 Å². The zero-order chi connectivity index (χ0) is 19.2. The number of carbonyl (C=O) groups excluding carboxylic acids is 4. The molecule has 0 aromatic rings. The van der Waals surface area contributed by atoms with Gasteiger partial charge in [0.1, 0.15) is 5.78 Å².